The minimum absolute atomic E-state index is 0.0901. The lowest BCUT2D eigenvalue weighted by molar-refractivity contribution is -0.139. The summed E-state index contributed by atoms with van der Waals surface area (Å²) in [5.74, 6) is -0.272. The van der Waals surface area contributed by atoms with Gasteiger partial charge in [0, 0.05) is 23.7 Å². The number of piperazine rings is 1. The standard InChI is InChI=1S/C15H21ClN2O3S/c1-15(2,3)18-9-8-17(10-14(18)19)22(20,21)11-12-4-6-13(16)7-5-12/h4-7H,8-11H2,1-3H3. The lowest BCUT2D eigenvalue weighted by Crippen LogP contribution is -2.58. The van der Waals surface area contributed by atoms with Crippen molar-refractivity contribution < 1.29 is 13.2 Å². The molecule has 1 aromatic rings. The molecule has 0 N–H and O–H groups in total. The number of hydrogen-bond acceptors (Lipinski definition) is 3. The van der Waals surface area contributed by atoms with Gasteiger partial charge in [-0.2, -0.15) is 4.31 Å². The molecule has 5 nitrogen and oxygen atoms in total. The number of rotatable bonds is 3. The summed E-state index contributed by atoms with van der Waals surface area (Å²) in [7, 11) is -3.51. The molecular weight excluding hydrogens is 324 g/mol. The number of hydrogen-bond donors (Lipinski definition) is 0. The monoisotopic (exact) mass is 344 g/mol. The number of carbonyl (C=O) groups is 1. The topological polar surface area (TPSA) is 57.7 Å². The first-order chi connectivity index (χ1) is 10.1. The molecule has 1 aliphatic rings. The van der Waals surface area contributed by atoms with E-state index >= 15 is 0 Å². The highest BCUT2D eigenvalue weighted by atomic mass is 35.5. The van der Waals surface area contributed by atoms with E-state index in [2.05, 4.69) is 0 Å². The van der Waals surface area contributed by atoms with Gasteiger partial charge in [0.2, 0.25) is 15.9 Å². The molecule has 1 heterocycles. The minimum Gasteiger partial charge on any atom is -0.335 e. The van der Waals surface area contributed by atoms with Crippen LogP contribution in [0.5, 0.6) is 0 Å². The highest BCUT2D eigenvalue weighted by Gasteiger charge is 2.36. The molecule has 0 radical (unpaired) electrons. The van der Waals surface area contributed by atoms with Gasteiger partial charge >= 0.3 is 0 Å². The third kappa shape index (κ3) is 4.00. The van der Waals surface area contributed by atoms with Crippen molar-refractivity contribution in [2.75, 3.05) is 19.6 Å². The van der Waals surface area contributed by atoms with Crippen molar-refractivity contribution in [3.05, 3.63) is 34.9 Å². The fourth-order valence-electron chi connectivity index (χ4n) is 2.48. The molecule has 1 aliphatic heterocycles. The van der Waals surface area contributed by atoms with E-state index in [0.29, 0.717) is 23.7 Å². The summed E-state index contributed by atoms with van der Waals surface area (Å²) < 4.78 is 26.2. The summed E-state index contributed by atoms with van der Waals surface area (Å²) in [5, 5.41) is 0.565. The molecule has 0 aliphatic carbocycles. The summed E-state index contributed by atoms with van der Waals surface area (Å²) >= 11 is 5.80. The van der Waals surface area contributed by atoms with Crippen LogP contribution in [0.25, 0.3) is 0 Å². The van der Waals surface area contributed by atoms with Gasteiger partial charge in [-0.3, -0.25) is 4.79 Å². The summed E-state index contributed by atoms with van der Waals surface area (Å²) in [5.41, 5.74) is 0.374. The van der Waals surface area contributed by atoms with Gasteiger partial charge < -0.3 is 4.90 Å². The van der Waals surface area contributed by atoms with Gasteiger partial charge in [-0.15, -0.1) is 0 Å². The lowest BCUT2D eigenvalue weighted by atomic mass is 10.1. The molecule has 1 fully saturated rings. The molecule has 7 heteroatoms. The molecule has 0 saturated carbocycles. The van der Waals surface area contributed by atoms with Gasteiger partial charge in [0.05, 0.1) is 12.3 Å². The van der Waals surface area contributed by atoms with Crippen molar-refractivity contribution in [3.8, 4) is 0 Å². The van der Waals surface area contributed by atoms with Gasteiger partial charge in [-0.25, -0.2) is 8.42 Å². The third-order valence-corrected chi connectivity index (χ3v) is 5.70. The summed E-state index contributed by atoms with van der Waals surface area (Å²) in [6.45, 7) is 6.50. The molecule has 22 heavy (non-hydrogen) atoms. The van der Waals surface area contributed by atoms with Crippen molar-refractivity contribution in [2.45, 2.75) is 32.1 Å². The molecule has 1 saturated heterocycles. The smallest absolute Gasteiger partial charge is 0.238 e. The Balaban J connectivity index is 2.08. The zero-order valence-corrected chi connectivity index (χ0v) is 14.6. The fraction of sp³-hybridized carbons (Fsp3) is 0.533. The SMILES string of the molecule is CC(C)(C)N1CCN(S(=O)(=O)Cc2ccc(Cl)cc2)CC1=O. The van der Waals surface area contributed by atoms with Crippen molar-refractivity contribution in [2.24, 2.45) is 0 Å². The molecule has 122 valence electrons. The van der Waals surface area contributed by atoms with E-state index in [1.165, 1.54) is 4.31 Å². The third-order valence-electron chi connectivity index (χ3n) is 3.65. The van der Waals surface area contributed by atoms with E-state index < -0.39 is 10.0 Å². The molecule has 0 unspecified atom stereocenters. The van der Waals surface area contributed by atoms with E-state index in [1.54, 1.807) is 29.2 Å². The molecule has 0 spiro atoms. The maximum absolute atomic E-state index is 12.5. The van der Waals surface area contributed by atoms with Crippen LogP contribution in [0.15, 0.2) is 24.3 Å². The van der Waals surface area contributed by atoms with E-state index in [1.807, 2.05) is 20.8 Å². The second kappa shape index (κ2) is 6.18. The quantitative estimate of drug-likeness (QED) is 0.843. The first kappa shape index (κ1) is 17.2. The van der Waals surface area contributed by atoms with Gasteiger partial charge in [0.15, 0.2) is 0 Å². The summed E-state index contributed by atoms with van der Waals surface area (Å²) in [4.78, 5) is 13.9. The Labute approximate surface area is 136 Å². The van der Waals surface area contributed by atoms with Crippen molar-refractivity contribution in [1.82, 2.24) is 9.21 Å². The van der Waals surface area contributed by atoms with Crippen LogP contribution in [0.1, 0.15) is 26.3 Å². The van der Waals surface area contributed by atoms with Crippen LogP contribution in [-0.4, -0.2) is 48.7 Å². The zero-order chi connectivity index (χ0) is 16.5. The molecule has 0 aromatic heterocycles. The maximum Gasteiger partial charge on any atom is 0.238 e. The Morgan fingerprint density at radius 1 is 1.14 bits per heavy atom. The molecular formula is C15H21ClN2O3S. The van der Waals surface area contributed by atoms with E-state index in [9.17, 15) is 13.2 Å². The average Bonchev–Trinajstić information content (AvgIpc) is 2.39. The minimum atomic E-state index is -3.51. The normalized spacial score (nSPS) is 17.8. The van der Waals surface area contributed by atoms with Crippen molar-refractivity contribution in [1.29, 1.82) is 0 Å². The van der Waals surface area contributed by atoms with Crippen LogP contribution in [0.2, 0.25) is 5.02 Å². The molecule has 1 aromatic carbocycles. The number of carbonyl (C=O) groups excluding carboxylic acids is 1. The Morgan fingerprint density at radius 2 is 1.73 bits per heavy atom. The first-order valence-electron chi connectivity index (χ1n) is 7.12. The predicted molar refractivity (Wildman–Crippen MR) is 87.1 cm³/mol. The largest absolute Gasteiger partial charge is 0.335 e. The predicted octanol–water partition coefficient (Wildman–Crippen LogP) is 2.11. The zero-order valence-electron chi connectivity index (χ0n) is 13.0. The number of sulfonamides is 1. The van der Waals surface area contributed by atoms with E-state index in [0.717, 1.165) is 0 Å². The van der Waals surface area contributed by atoms with E-state index in [4.69, 9.17) is 11.6 Å². The van der Waals surface area contributed by atoms with Crippen LogP contribution in [0, 0.1) is 0 Å². The highest BCUT2D eigenvalue weighted by Crippen LogP contribution is 2.20. The fourth-order valence-corrected chi connectivity index (χ4v) is 4.07. The number of nitrogens with zero attached hydrogens (tertiary/aromatic N) is 2. The van der Waals surface area contributed by atoms with Crippen LogP contribution in [-0.2, 0) is 20.6 Å². The van der Waals surface area contributed by atoms with Gasteiger partial charge in [0.25, 0.3) is 0 Å². The number of benzene rings is 1. The van der Waals surface area contributed by atoms with Crippen molar-refractivity contribution in [3.63, 3.8) is 0 Å². The Hall–Kier alpha value is -1.11. The summed E-state index contributed by atoms with van der Waals surface area (Å²) in [6.07, 6.45) is 0. The molecule has 1 amide bonds. The van der Waals surface area contributed by atoms with Crippen LogP contribution < -0.4 is 0 Å². The second-order valence-corrected chi connectivity index (χ2v) is 8.84. The lowest BCUT2D eigenvalue weighted by Gasteiger charge is -2.41. The van der Waals surface area contributed by atoms with Gasteiger partial charge in [0.1, 0.15) is 0 Å². The molecule has 2 rings (SSSR count). The highest BCUT2D eigenvalue weighted by molar-refractivity contribution is 7.88. The van der Waals surface area contributed by atoms with Crippen LogP contribution in [0.3, 0.4) is 0 Å². The number of amides is 1. The van der Waals surface area contributed by atoms with Crippen LogP contribution >= 0.6 is 11.6 Å². The summed E-state index contributed by atoms with van der Waals surface area (Å²) in [6, 6.07) is 6.70. The first-order valence-corrected chi connectivity index (χ1v) is 9.11. The van der Waals surface area contributed by atoms with Gasteiger partial charge in [-0.05, 0) is 38.5 Å². The second-order valence-electron chi connectivity index (χ2n) is 6.43. The maximum atomic E-state index is 12.5. The Bertz CT molecular complexity index is 650. The number of halogens is 1. The Morgan fingerprint density at radius 3 is 2.23 bits per heavy atom. The van der Waals surface area contributed by atoms with Crippen molar-refractivity contribution >= 4 is 27.5 Å². The average molecular weight is 345 g/mol. The molecule has 0 atom stereocenters. The van der Waals surface area contributed by atoms with E-state index in [-0.39, 0.29) is 23.7 Å². The van der Waals surface area contributed by atoms with Gasteiger partial charge in [-0.1, -0.05) is 23.7 Å². The Kier molecular flexibility index (Phi) is 4.84. The molecule has 0 bridgehead atoms. The van der Waals surface area contributed by atoms with Crippen LogP contribution in [0.4, 0.5) is 0 Å².